The molecule has 2 heterocycles. The summed E-state index contributed by atoms with van der Waals surface area (Å²) in [6.45, 7) is 1.21. The van der Waals surface area contributed by atoms with Crippen molar-refractivity contribution in [1.29, 1.82) is 0 Å². The van der Waals surface area contributed by atoms with Gasteiger partial charge >= 0.3 is 0 Å². The molecule has 0 saturated carbocycles. The molecule has 0 aromatic heterocycles. The number of carbonyl (C=O) groups excluding carboxylic acids is 1. The normalized spacial score (nSPS) is 24.2. The van der Waals surface area contributed by atoms with E-state index in [9.17, 15) is 17.6 Å². The van der Waals surface area contributed by atoms with Gasteiger partial charge in [0.15, 0.2) is 0 Å². The van der Waals surface area contributed by atoms with E-state index in [1.807, 2.05) is 0 Å². The van der Waals surface area contributed by atoms with Crippen molar-refractivity contribution in [1.82, 2.24) is 13.5 Å². The van der Waals surface area contributed by atoms with Gasteiger partial charge in [-0.1, -0.05) is 0 Å². The molecule has 150 valence electrons. The molecule has 1 aromatic rings. The fourth-order valence-corrected chi connectivity index (χ4v) is 5.14. The quantitative estimate of drug-likeness (QED) is 0.752. The van der Waals surface area contributed by atoms with Crippen molar-refractivity contribution >= 4 is 16.1 Å². The number of rotatable bonds is 5. The Morgan fingerprint density at radius 3 is 2.67 bits per heavy atom. The van der Waals surface area contributed by atoms with Gasteiger partial charge in [0.05, 0.1) is 12.5 Å². The molecule has 1 aromatic carbocycles. The second-order valence-electron chi connectivity index (χ2n) is 7.44. The zero-order valence-corrected chi connectivity index (χ0v) is 16.8. The third kappa shape index (κ3) is 3.68. The summed E-state index contributed by atoms with van der Waals surface area (Å²) in [5.41, 5.74) is -0.313. The fourth-order valence-electron chi connectivity index (χ4n) is 3.95. The van der Waals surface area contributed by atoms with Gasteiger partial charge in [0, 0.05) is 45.8 Å². The number of halogens is 1. The Kier molecular flexibility index (Phi) is 5.47. The average molecular weight is 399 g/mol. The first-order valence-electron chi connectivity index (χ1n) is 8.99. The predicted molar refractivity (Wildman–Crippen MR) is 98.8 cm³/mol. The lowest BCUT2D eigenvalue weighted by atomic mass is 9.78. The van der Waals surface area contributed by atoms with Gasteiger partial charge in [-0.05, 0) is 37.5 Å². The number of ether oxygens (including phenoxy) is 1. The van der Waals surface area contributed by atoms with E-state index in [0.717, 1.165) is 6.42 Å². The van der Waals surface area contributed by atoms with Crippen molar-refractivity contribution in [3.05, 3.63) is 29.6 Å². The molecule has 1 spiro atoms. The molecule has 0 radical (unpaired) electrons. The van der Waals surface area contributed by atoms with Gasteiger partial charge in [-0.3, -0.25) is 4.79 Å². The molecule has 0 aliphatic carbocycles. The van der Waals surface area contributed by atoms with Gasteiger partial charge in [-0.2, -0.15) is 17.0 Å². The number of amides is 1. The second-order valence-corrected chi connectivity index (χ2v) is 9.58. The molecule has 0 bridgehead atoms. The Morgan fingerprint density at radius 1 is 1.26 bits per heavy atom. The largest absolute Gasteiger partial charge is 0.497 e. The van der Waals surface area contributed by atoms with E-state index in [-0.39, 0.29) is 24.8 Å². The topological polar surface area (TPSA) is 70.2 Å². The molecule has 3 rings (SSSR count). The van der Waals surface area contributed by atoms with Gasteiger partial charge in [0.25, 0.3) is 10.2 Å². The Hall–Kier alpha value is -1.71. The highest BCUT2D eigenvalue weighted by atomic mass is 32.2. The summed E-state index contributed by atoms with van der Waals surface area (Å²) in [6, 6.07) is 4.47. The van der Waals surface area contributed by atoms with E-state index in [4.69, 9.17) is 4.74 Å². The SMILES string of the molecule is COc1ccc(F)c(CN2CCC[C@]3(CCN(S(=O)(=O)N(C)C)C3)C2=O)c1. The lowest BCUT2D eigenvalue weighted by Crippen LogP contribution is -2.50. The van der Waals surface area contributed by atoms with Gasteiger partial charge < -0.3 is 9.64 Å². The zero-order valence-electron chi connectivity index (χ0n) is 15.9. The summed E-state index contributed by atoms with van der Waals surface area (Å²) in [5, 5.41) is 0. The molecule has 0 N–H and O–H groups in total. The van der Waals surface area contributed by atoms with Crippen LogP contribution in [0.15, 0.2) is 18.2 Å². The van der Waals surface area contributed by atoms with E-state index in [1.165, 1.54) is 35.9 Å². The van der Waals surface area contributed by atoms with Crippen LogP contribution >= 0.6 is 0 Å². The van der Waals surface area contributed by atoms with E-state index in [2.05, 4.69) is 0 Å². The molecular weight excluding hydrogens is 373 g/mol. The minimum atomic E-state index is -3.55. The molecule has 2 saturated heterocycles. The summed E-state index contributed by atoms with van der Waals surface area (Å²) in [6.07, 6.45) is 1.92. The number of likely N-dealkylation sites (tertiary alicyclic amines) is 1. The molecule has 2 aliphatic heterocycles. The van der Waals surface area contributed by atoms with Gasteiger partial charge in [0.1, 0.15) is 11.6 Å². The summed E-state index contributed by atoms with van der Waals surface area (Å²) in [4.78, 5) is 14.8. The van der Waals surface area contributed by atoms with Gasteiger partial charge in [0.2, 0.25) is 5.91 Å². The highest BCUT2D eigenvalue weighted by Gasteiger charge is 2.51. The van der Waals surface area contributed by atoms with Crippen molar-refractivity contribution < 1.29 is 22.3 Å². The van der Waals surface area contributed by atoms with Crippen LogP contribution in [0.1, 0.15) is 24.8 Å². The molecular formula is C18H26FN3O4S. The minimum absolute atomic E-state index is 0.0903. The second kappa shape index (κ2) is 7.37. The van der Waals surface area contributed by atoms with E-state index in [0.29, 0.717) is 37.2 Å². The van der Waals surface area contributed by atoms with Crippen LogP contribution in [0.3, 0.4) is 0 Å². The highest BCUT2D eigenvalue weighted by molar-refractivity contribution is 7.86. The molecule has 0 unspecified atom stereocenters. The van der Waals surface area contributed by atoms with Crippen LogP contribution in [0.5, 0.6) is 5.75 Å². The van der Waals surface area contributed by atoms with Crippen LogP contribution in [0.25, 0.3) is 0 Å². The molecule has 27 heavy (non-hydrogen) atoms. The first-order chi connectivity index (χ1) is 12.7. The number of hydrogen-bond donors (Lipinski definition) is 0. The van der Waals surface area contributed by atoms with Crippen LogP contribution in [0.4, 0.5) is 4.39 Å². The van der Waals surface area contributed by atoms with Crippen LogP contribution in [0.2, 0.25) is 0 Å². The number of benzene rings is 1. The third-order valence-electron chi connectivity index (χ3n) is 5.54. The molecule has 7 nitrogen and oxygen atoms in total. The average Bonchev–Trinajstić information content (AvgIpc) is 3.06. The Bertz CT molecular complexity index is 830. The smallest absolute Gasteiger partial charge is 0.281 e. The highest BCUT2D eigenvalue weighted by Crippen LogP contribution is 2.41. The molecule has 9 heteroatoms. The summed E-state index contributed by atoms with van der Waals surface area (Å²) >= 11 is 0. The Morgan fingerprint density at radius 2 is 2.00 bits per heavy atom. The van der Waals surface area contributed by atoms with Crippen molar-refractivity contribution in [2.24, 2.45) is 5.41 Å². The Balaban J connectivity index is 1.79. The number of hydrogen-bond acceptors (Lipinski definition) is 4. The van der Waals surface area contributed by atoms with Gasteiger partial charge in [-0.15, -0.1) is 0 Å². The lowest BCUT2D eigenvalue weighted by Gasteiger charge is -2.39. The van der Waals surface area contributed by atoms with E-state index < -0.39 is 15.6 Å². The number of carbonyl (C=O) groups is 1. The van der Waals surface area contributed by atoms with Crippen molar-refractivity contribution in [3.8, 4) is 5.75 Å². The Labute approximate surface area is 159 Å². The maximum Gasteiger partial charge on any atom is 0.281 e. The van der Waals surface area contributed by atoms with Crippen LogP contribution in [-0.4, -0.2) is 68.7 Å². The van der Waals surface area contributed by atoms with Crippen molar-refractivity contribution in [3.63, 3.8) is 0 Å². The monoisotopic (exact) mass is 399 g/mol. The molecule has 1 amide bonds. The minimum Gasteiger partial charge on any atom is -0.497 e. The lowest BCUT2D eigenvalue weighted by molar-refractivity contribution is -0.146. The van der Waals surface area contributed by atoms with Crippen LogP contribution in [0, 0.1) is 11.2 Å². The molecule has 2 aliphatic rings. The molecule has 1 atom stereocenters. The first-order valence-corrected chi connectivity index (χ1v) is 10.4. The number of nitrogens with zero attached hydrogens (tertiary/aromatic N) is 3. The molecule has 2 fully saturated rings. The van der Waals surface area contributed by atoms with Crippen LogP contribution in [-0.2, 0) is 21.5 Å². The number of piperidine rings is 1. The van der Waals surface area contributed by atoms with Crippen molar-refractivity contribution in [2.75, 3.05) is 40.8 Å². The summed E-state index contributed by atoms with van der Waals surface area (Å²) in [7, 11) is 0.936. The van der Waals surface area contributed by atoms with Gasteiger partial charge in [-0.25, -0.2) is 4.39 Å². The third-order valence-corrected chi connectivity index (χ3v) is 7.43. The van der Waals surface area contributed by atoms with E-state index in [1.54, 1.807) is 17.0 Å². The zero-order chi connectivity index (χ0) is 19.8. The maximum atomic E-state index is 14.2. The number of methoxy groups -OCH3 is 1. The van der Waals surface area contributed by atoms with E-state index >= 15 is 0 Å². The maximum absolute atomic E-state index is 14.2. The first kappa shape index (κ1) is 20.0. The van der Waals surface area contributed by atoms with Crippen LogP contribution < -0.4 is 4.74 Å². The predicted octanol–water partition coefficient (Wildman–Crippen LogP) is 1.46. The summed E-state index contributed by atoms with van der Waals surface area (Å²) in [5.74, 6) is 0.0635. The summed E-state index contributed by atoms with van der Waals surface area (Å²) < 4.78 is 46.7. The fraction of sp³-hybridized carbons (Fsp3) is 0.611. The van der Waals surface area contributed by atoms with Crippen molar-refractivity contribution in [2.45, 2.75) is 25.8 Å². The standard InChI is InChI=1S/C18H26FN3O4S/c1-20(2)27(24,25)22-10-8-18(13-22)7-4-9-21(17(18)23)12-14-11-15(26-3)5-6-16(14)19/h5-6,11H,4,7-10,12-13H2,1-3H3/t18-/m1/s1.